The molecule has 0 atom stereocenters. The number of hydrogen-bond donors (Lipinski definition) is 3. The van der Waals surface area contributed by atoms with Gasteiger partial charge in [0.2, 0.25) is 0 Å². The van der Waals surface area contributed by atoms with E-state index in [1.807, 2.05) is 66.3 Å². The Kier molecular flexibility index (Phi) is 8.96. The third kappa shape index (κ3) is 6.16. The number of nitrogen functional groups attached to an aromatic ring is 1. The first kappa shape index (κ1) is 31.1. The number of anilines is 2. The molecule has 0 unspecified atom stereocenters. The number of nitrogens with two attached hydrogens (primary N) is 1. The Morgan fingerprint density at radius 3 is 2.72 bits per heavy atom. The Morgan fingerprint density at radius 1 is 1.20 bits per heavy atom. The molecule has 46 heavy (non-hydrogen) atoms. The lowest BCUT2D eigenvalue weighted by Gasteiger charge is -2.35. The highest BCUT2D eigenvalue weighted by atomic mass is 32.1. The van der Waals surface area contributed by atoms with Crippen molar-refractivity contribution in [3.63, 3.8) is 0 Å². The number of methoxy groups -OCH3 is 1. The van der Waals surface area contributed by atoms with Crippen LogP contribution in [-0.2, 0) is 7.05 Å². The molecule has 3 aromatic heterocycles. The first-order valence-electron chi connectivity index (χ1n) is 15.3. The number of aromatic nitrogens is 2. The van der Waals surface area contributed by atoms with Crippen LogP contribution in [0.2, 0.25) is 0 Å². The van der Waals surface area contributed by atoms with Crippen molar-refractivity contribution < 1.29 is 19.4 Å². The van der Waals surface area contributed by atoms with Gasteiger partial charge in [0.05, 0.1) is 12.8 Å². The van der Waals surface area contributed by atoms with Crippen LogP contribution in [0.4, 0.5) is 16.3 Å². The molecule has 0 aliphatic carbocycles. The van der Waals surface area contributed by atoms with Gasteiger partial charge >= 0.3 is 6.09 Å². The summed E-state index contributed by atoms with van der Waals surface area (Å²) in [5.41, 5.74) is 11.4. The van der Waals surface area contributed by atoms with E-state index in [4.69, 9.17) is 10.5 Å². The van der Waals surface area contributed by atoms with Crippen molar-refractivity contribution >= 4 is 61.9 Å². The van der Waals surface area contributed by atoms with E-state index in [2.05, 4.69) is 32.7 Å². The Balaban J connectivity index is 1.16. The van der Waals surface area contributed by atoms with E-state index in [0.29, 0.717) is 22.9 Å². The van der Waals surface area contributed by atoms with Crippen LogP contribution in [0.25, 0.3) is 38.2 Å². The van der Waals surface area contributed by atoms with Gasteiger partial charge in [0, 0.05) is 78.1 Å². The normalized spacial score (nSPS) is 14.3. The molecule has 0 radical (unpaired) electrons. The van der Waals surface area contributed by atoms with Crippen LogP contribution in [0, 0.1) is 0 Å². The van der Waals surface area contributed by atoms with Crippen molar-refractivity contribution in [3.8, 4) is 16.9 Å². The summed E-state index contributed by atoms with van der Waals surface area (Å²) in [6.45, 7) is 2.71. The average molecular weight is 639 g/mol. The van der Waals surface area contributed by atoms with E-state index in [-0.39, 0.29) is 11.9 Å². The second kappa shape index (κ2) is 13.2. The molecular weight excluding hydrogens is 600 g/mol. The van der Waals surface area contributed by atoms with Gasteiger partial charge in [-0.05, 0) is 54.5 Å². The van der Waals surface area contributed by atoms with E-state index in [1.165, 1.54) is 4.90 Å². The first-order valence-corrected chi connectivity index (χ1v) is 16.2. The molecule has 4 N–H and O–H groups in total. The molecular formula is C35H38N6O4S. The third-order valence-electron chi connectivity index (χ3n) is 8.91. The van der Waals surface area contributed by atoms with Gasteiger partial charge in [-0.25, -0.2) is 9.78 Å². The number of fused-ring (bicyclic) bond motifs is 2. The van der Waals surface area contributed by atoms with Gasteiger partial charge < -0.3 is 35.3 Å². The zero-order valence-electron chi connectivity index (χ0n) is 26.2. The molecule has 1 fully saturated rings. The maximum atomic E-state index is 13.3. The highest BCUT2D eigenvalue weighted by molar-refractivity contribution is 7.18. The number of ether oxygens (including phenoxy) is 1. The number of benzene rings is 2. The van der Waals surface area contributed by atoms with Crippen LogP contribution >= 0.6 is 11.3 Å². The highest BCUT2D eigenvalue weighted by Crippen LogP contribution is 2.41. The number of carboxylic acid groups (broad SMARTS) is 1. The summed E-state index contributed by atoms with van der Waals surface area (Å²) in [4.78, 5) is 32.8. The lowest BCUT2D eigenvalue weighted by molar-refractivity contribution is 0.101. The summed E-state index contributed by atoms with van der Waals surface area (Å²) >= 11 is 1.62. The number of carbonyl (C=O) groups excluding carboxylic acids is 1. The minimum Gasteiger partial charge on any atom is -0.495 e. The van der Waals surface area contributed by atoms with Gasteiger partial charge in [0.25, 0.3) is 5.91 Å². The molecule has 10 nitrogen and oxygen atoms in total. The predicted molar refractivity (Wildman–Crippen MR) is 186 cm³/mol. The summed E-state index contributed by atoms with van der Waals surface area (Å²) in [7, 11) is 5.13. The van der Waals surface area contributed by atoms with E-state index in [0.717, 1.165) is 76.6 Å². The monoisotopic (exact) mass is 638 g/mol. The largest absolute Gasteiger partial charge is 0.495 e. The van der Waals surface area contributed by atoms with Crippen molar-refractivity contribution in [1.29, 1.82) is 0 Å². The summed E-state index contributed by atoms with van der Waals surface area (Å²) in [5.74, 6) is 0.792. The maximum Gasteiger partial charge on any atom is 0.407 e. The molecule has 4 heterocycles. The van der Waals surface area contributed by atoms with E-state index in [9.17, 15) is 14.7 Å². The molecule has 1 aliphatic rings. The summed E-state index contributed by atoms with van der Waals surface area (Å²) < 4.78 is 8.65. The fourth-order valence-corrected chi connectivity index (χ4v) is 7.31. The minimum atomic E-state index is -0.862. The van der Waals surface area contributed by atoms with E-state index >= 15 is 0 Å². The number of nitrogens with one attached hydrogen (secondary N) is 1. The molecule has 0 bridgehead atoms. The van der Waals surface area contributed by atoms with Gasteiger partial charge in [-0.2, -0.15) is 0 Å². The predicted octanol–water partition coefficient (Wildman–Crippen LogP) is 6.78. The van der Waals surface area contributed by atoms with Crippen LogP contribution in [0.1, 0.15) is 35.3 Å². The Hall–Kier alpha value is -4.87. The standard InChI is InChI=1S/C35H38N6O4S/c1-39(35(43)44)25-13-16-41(17-14-25)15-7-6-9-24-20-37-33(36)31-26(21-46-32(24)31)22-11-12-27(30(19-22)45-3)38-34(42)29-18-23-8-4-5-10-28(23)40(29)2/h4-6,8-12,18-21,25H,7,13-17H2,1-3H3,(H2,36,37)(H,38,42)(H,43,44). The van der Waals surface area contributed by atoms with Crippen LogP contribution in [-0.4, -0.2) is 76.3 Å². The maximum absolute atomic E-state index is 13.3. The van der Waals surface area contributed by atoms with Crippen LogP contribution in [0.5, 0.6) is 5.75 Å². The molecule has 1 saturated heterocycles. The number of piperidine rings is 1. The van der Waals surface area contributed by atoms with Crippen molar-refractivity contribution in [2.45, 2.75) is 25.3 Å². The molecule has 11 heteroatoms. The minimum absolute atomic E-state index is 0.0939. The van der Waals surface area contributed by atoms with Gasteiger partial charge in [0.1, 0.15) is 17.3 Å². The van der Waals surface area contributed by atoms with E-state index in [1.54, 1.807) is 25.5 Å². The number of para-hydroxylation sites is 1. The Labute approximate surface area is 271 Å². The molecule has 238 valence electrons. The second-order valence-corrected chi connectivity index (χ2v) is 12.5. The van der Waals surface area contributed by atoms with Gasteiger partial charge in [0.15, 0.2) is 0 Å². The molecule has 0 saturated carbocycles. The topological polar surface area (TPSA) is 126 Å². The van der Waals surface area contributed by atoms with Crippen LogP contribution < -0.4 is 15.8 Å². The molecule has 1 aliphatic heterocycles. The Bertz CT molecular complexity index is 1940. The highest BCUT2D eigenvalue weighted by Gasteiger charge is 2.24. The summed E-state index contributed by atoms with van der Waals surface area (Å²) in [5, 5.41) is 16.2. The average Bonchev–Trinajstić information content (AvgIpc) is 3.67. The molecule has 0 spiro atoms. The molecule has 6 rings (SSSR count). The lowest BCUT2D eigenvalue weighted by atomic mass is 10.0. The van der Waals surface area contributed by atoms with Gasteiger partial charge in [-0.3, -0.25) is 4.79 Å². The van der Waals surface area contributed by atoms with Crippen LogP contribution in [0.3, 0.4) is 0 Å². The molecule has 5 aromatic rings. The van der Waals surface area contributed by atoms with Crippen molar-refractivity contribution in [3.05, 3.63) is 77.4 Å². The quantitative estimate of drug-likeness (QED) is 0.163. The zero-order valence-corrected chi connectivity index (χ0v) is 27.0. The number of carbonyl (C=O) groups is 2. The third-order valence-corrected chi connectivity index (χ3v) is 9.94. The molecule has 2 amide bonds. The van der Waals surface area contributed by atoms with Crippen molar-refractivity contribution in [1.82, 2.24) is 19.4 Å². The van der Waals surface area contributed by atoms with Gasteiger partial charge in [-0.15, -0.1) is 11.3 Å². The number of hydrogen-bond acceptors (Lipinski definition) is 7. The number of nitrogens with zero attached hydrogens (tertiary/aromatic N) is 4. The lowest BCUT2D eigenvalue weighted by Crippen LogP contribution is -2.45. The second-order valence-electron chi connectivity index (χ2n) is 11.6. The fraction of sp³-hybridized carbons (Fsp3) is 0.286. The number of thiophene rings is 1. The summed E-state index contributed by atoms with van der Waals surface area (Å²) in [6.07, 6.45) is 7.81. The Morgan fingerprint density at radius 2 is 1.98 bits per heavy atom. The van der Waals surface area contributed by atoms with Crippen molar-refractivity contribution in [2.24, 2.45) is 7.05 Å². The van der Waals surface area contributed by atoms with E-state index < -0.39 is 6.09 Å². The number of rotatable bonds is 9. The fourth-order valence-electron chi connectivity index (χ4n) is 6.23. The van der Waals surface area contributed by atoms with Crippen LogP contribution in [0.15, 0.2) is 66.2 Å². The number of amides is 2. The first-order chi connectivity index (χ1) is 22.2. The number of likely N-dealkylation sites (tertiary alicyclic amines) is 1. The summed E-state index contributed by atoms with van der Waals surface area (Å²) in [6, 6.07) is 15.6. The number of aryl methyl sites for hydroxylation is 1. The number of pyridine rings is 1. The van der Waals surface area contributed by atoms with Gasteiger partial charge in [-0.1, -0.05) is 36.4 Å². The van der Waals surface area contributed by atoms with Crippen molar-refractivity contribution in [2.75, 3.05) is 44.8 Å². The SMILES string of the molecule is COc1cc(-c2csc3c(C=CCCN4CCC(N(C)C(=O)O)CC4)cnc(N)c23)ccc1NC(=O)c1cc2ccccc2n1C. The smallest absolute Gasteiger partial charge is 0.407 e. The zero-order chi connectivity index (χ0) is 32.4. The molecule has 2 aromatic carbocycles.